The van der Waals surface area contributed by atoms with Crippen LogP contribution in [0.15, 0.2) is 66.7 Å². The van der Waals surface area contributed by atoms with E-state index in [4.69, 9.17) is 0 Å². The van der Waals surface area contributed by atoms with Gasteiger partial charge in [-0.25, -0.2) is 0 Å². The Hall–Kier alpha value is -2.68. The van der Waals surface area contributed by atoms with Gasteiger partial charge in [0.25, 0.3) is 0 Å². The van der Waals surface area contributed by atoms with Crippen LogP contribution in [0, 0.1) is 0 Å². The van der Waals surface area contributed by atoms with Crippen LogP contribution in [0.25, 0.3) is 10.9 Å². The van der Waals surface area contributed by atoms with Crippen LogP contribution in [-0.4, -0.2) is 17.3 Å². The molecule has 0 aliphatic carbocycles. The van der Waals surface area contributed by atoms with Crippen LogP contribution in [0.2, 0.25) is 0 Å². The van der Waals surface area contributed by atoms with Crippen molar-refractivity contribution in [3.63, 3.8) is 0 Å². The first kappa shape index (κ1) is 13.3. The zero-order valence-electron chi connectivity index (χ0n) is 11.6. The van der Waals surface area contributed by atoms with Crippen molar-refractivity contribution in [3.05, 3.63) is 72.4 Å². The number of para-hydroxylation sites is 2. The van der Waals surface area contributed by atoms with Crippen molar-refractivity contribution in [1.29, 1.82) is 0 Å². The lowest BCUT2D eigenvalue weighted by Gasteiger charge is -2.06. The third kappa shape index (κ3) is 3.45. The minimum atomic E-state index is 0.127. The quantitative estimate of drug-likeness (QED) is 0.776. The van der Waals surface area contributed by atoms with Crippen LogP contribution >= 0.6 is 0 Å². The molecule has 0 fully saturated rings. The highest BCUT2D eigenvalue weighted by Gasteiger charge is 2.05. The zero-order chi connectivity index (χ0) is 14.5. The Morgan fingerprint density at radius 2 is 1.67 bits per heavy atom. The Morgan fingerprint density at radius 1 is 0.905 bits per heavy atom. The van der Waals surface area contributed by atoms with Gasteiger partial charge in [0, 0.05) is 16.8 Å². The molecule has 0 aliphatic heterocycles. The summed E-state index contributed by atoms with van der Waals surface area (Å²) in [4.78, 5) is 16.5. The number of benzene rings is 2. The highest BCUT2D eigenvalue weighted by molar-refractivity contribution is 5.85. The number of hydrogen-bond donors (Lipinski definition) is 1. The molecule has 0 radical (unpaired) electrons. The fourth-order valence-electron chi connectivity index (χ4n) is 2.23. The summed E-state index contributed by atoms with van der Waals surface area (Å²) in [5, 5.41) is 4.22. The van der Waals surface area contributed by atoms with E-state index in [1.165, 1.54) is 0 Å². The molecular weight excluding hydrogens is 260 g/mol. The molecule has 0 aliphatic rings. The number of fused-ring (bicyclic) bond motifs is 1. The van der Waals surface area contributed by atoms with Gasteiger partial charge in [0.1, 0.15) is 0 Å². The summed E-state index contributed by atoms with van der Waals surface area (Å²) in [6.07, 6.45) is 0.352. The third-order valence-corrected chi connectivity index (χ3v) is 3.30. The molecule has 1 aromatic heterocycles. The lowest BCUT2D eigenvalue weighted by molar-refractivity contribution is -0.116. The van der Waals surface area contributed by atoms with E-state index in [0.717, 1.165) is 22.3 Å². The Morgan fingerprint density at radius 3 is 2.52 bits per heavy atom. The normalized spacial score (nSPS) is 10.5. The van der Waals surface area contributed by atoms with Crippen LogP contribution in [0.5, 0.6) is 0 Å². The fraction of sp³-hybridized carbons (Fsp3) is 0.111. The lowest BCUT2D eigenvalue weighted by Crippen LogP contribution is -2.16. The fourth-order valence-corrected chi connectivity index (χ4v) is 2.23. The smallest absolute Gasteiger partial charge is 0.157 e. The summed E-state index contributed by atoms with van der Waals surface area (Å²) in [5.41, 5.74) is 2.70. The molecule has 1 heterocycles. The Balaban J connectivity index is 1.63. The minimum Gasteiger partial charge on any atom is -0.378 e. The first-order valence-corrected chi connectivity index (χ1v) is 6.96. The van der Waals surface area contributed by atoms with Gasteiger partial charge in [-0.15, -0.1) is 0 Å². The second-order valence-electron chi connectivity index (χ2n) is 4.93. The molecule has 0 bridgehead atoms. The highest BCUT2D eigenvalue weighted by atomic mass is 16.1. The van der Waals surface area contributed by atoms with Gasteiger partial charge < -0.3 is 5.32 Å². The minimum absolute atomic E-state index is 0.127. The van der Waals surface area contributed by atoms with Gasteiger partial charge in [0.05, 0.1) is 18.5 Å². The van der Waals surface area contributed by atoms with E-state index in [1.54, 1.807) is 0 Å². The maximum atomic E-state index is 12.0. The molecule has 0 amide bonds. The molecule has 3 heteroatoms. The number of nitrogens with one attached hydrogen (secondary N) is 1. The summed E-state index contributed by atoms with van der Waals surface area (Å²) in [6.45, 7) is 0.318. The van der Waals surface area contributed by atoms with Crippen LogP contribution in [-0.2, 0) is 11.2 Å². The van der Waals surface area contributed by atoms with E-state index in [2.05, 4.69) is 10.3 Å². The molecule has 3 rings (SSSR count). The standard InChI is InChI=1S/C18H16N2O/c21-17(13-19-15-7-2-1-3-8-15)12-16-11-10-14-6-4-5-9-18(14)20-16/h1-11,19H,12-13H2. The van der Waals surface area contributed by atoms with Crippen LogP contribution in [0.1, 0.15) is 5.69 Å². The van der Waals surface area contributed by atoms with Crippen LogP contribution < -0.4 is 5.32 Å². The zero-order valence-corrected chi connectivity index (χ0v) is 11.6. The van der Waals surface area contributed by atoms with Crippen molar-refractivity contribution in [2.45, 2.75) is 6.42 Å². The van der Waals surface area contributed by atoms with E-state index in [1.807, 2.05) is 66.7 Å². The molecule has 0 unspecified atom stereocenters. The number of aromatic nitrogens is 1. The summed E-state index contributed by atoms with van der Waals surface area (Å²) < 4.78 is 0. The largest absolute Gasteiger partial charge is 0.378 e. The van der Waals surface area contributed by atoms with Crippen LogP contribution in [0.4, 0.5) is 5.69 Å². The molecule has 0 atom stereocenters. The maximum absolute atomic E-state index is 12.0. The van der Waals surface area contributed by atoms with Gasteiger partial charge in [-0.3, -0.25) is 9.78 Å². The monoisotopic (exact) mass is 276 g/mol. The average Bonchev–Trinajstić information content (AvgIpc) is 2.54. The average molecular weight is 276 g/mol. The number of nitrogens with zero attached hydrogens (tertiary/aromatic N) is 1. The second kappa shape index (κ2) is 6.18. The van der Waals surface area contributed by atoms with E-state index in [0.29, 0.717) is 13.0 Å². The molecule has 0 saturated carbocycles. The van der Waals surface area contributed by atoms with Crippen molar-refractivity contribution in [3.8, 4) is 0 Å². The predicted molar refractivity (Wildman–Crippen MR) is 85.4 cm³/mol. The van der Waals surface area contributed by atoms with E-state index in [9.17, 15) is 4.79 Å². The SMILES string of the molecule is O=C(CNc1ccccc1)Cc1ccc2ccccc2n1. The van der Waals surface area contributed by atoms with Crippen LogP contribution in [0.3, 0.4) is 0 Å². The van der Waals surface area contributed by atoms with E-state index < -0.39 is 0 Å². The molecule has 3 aromatic rings. The predicted octanol–water partition coefficient (Wildman–Crippen LogP) is 3.46. The van der Waals surface area contributed by atoms with Gasteiger partial charge in [-0.2, -0.15) is 0 Å². The van der Waals surface area contributed by atoms with Gasteiger partial charge in [-0.1, -0.05) is 42.5 Å². The second-order valence-corrected chi connectivity index (χ2v) is 4.93. The van der Waals surface area contributed by atoms with Gasteiger partial charge in [0.15, 0.2) is 5.78 Å². The third-order valence-electron chi connectivity index (χ3n) is 3.30. The first-order chi connectivity index (χ1) is 10.3. The van der Waals surface area contributed by atoms with Gasteiger partial charge >= 0.3 is 0 Å². The van der Waals surface area contributed by atoms with Gasteiger partial charge in [-0.05, 0) is 24.3 Å². The summed E-state index contributed by atoms with van der Waals surface area (Å²) >= 11 is 0. The number of rotatable bonds is 5. The van der Waals surface area contributed by atoms with E-state index >= 15 is 0 Å². The van der Waals surface area contributed by atoms with Crippen molar-refractivity contribution in [2.24, 2.45) is 0 Å². The molecule has 0 saturated heterocycles. The van der Waals surface area contributed by atoms with Crippen molar-refractivity contribution in [2.75, 3.05) is 11.9 Å². The molecule has 21 heavy (non-hydrogen) atoms. The lowest BCUT2D eigenvalue weighted by atomic mass is 10.1. The Bertz CT molecular complexity index is 753. The van der Waals surface area contributed by atoms with Crippen molar-refractivity contribution >= 4 is 22.4 Å². The number of pyridine rings is 1. The number of anilines is 1. The Kier molecular flexibility index (Phi) is 3.92. The summed E-state index contributed by atoms with van der Waals surface area (Å²) in [7, 11) is 0. The molecule has 0 spiro atoms. The number of Topliss-reactive ketones (excluding diaryl/α,β-unsaturated/α-hetero) is 1. The molecule has 1 N–H and O–H groups in total. The topological polar surface area (TPSA) is 42.0 Å². The summed E-state index contributed by atoms with van der Waals surface area (Å²) in [5.74, 6) is 0.127. The van der Waals surface area contributed by atoms with Gasteiger partial charge in [0.2, 0.25) is 0 Å². The Labute approximate surface area is 123 Å². The van der Waals surface area contributed by atoms with Crippen molar-refractivity contribution in [1.82, 2.24) is 4.98 Å². The number of carbonyl (C=O) groups excluding carboxylic acids is 1. The first-order valence-electron chi connectivity index (χ1n) is 6.96. The molecular formula is C18H16N2O. The maximum Gasteiger partial charge on any atom is 0.157 e. The summed E-state index contributed by atoms with van der Waals surface area (Å²) in [6, 6.07) is 21.6. The van der Waals surface area contributed by atoms with Crippen molar-refractivity contribution < 1.29 is 4.79 Å². The molecule has 2 aromatic carbocycles. The number of ketones is 1. The highest BCUT2D eigenvalue weighted by Crippen LogP contribution is 2.12. The number of carbonyl (C=O) groups is 1. The van der Waals surface area contributed by atoms with E-state index in [-0.39, 0.29) is 5.78 Å². The molecule has 3 nitrogen and oxygen atoms in total. The molecule has 104 valence electrons. The number of hydrogen-bond acceptors (Lipinski definition) is 3.